The van der Waals surface area contributed by atoms with Gasteiger partial charge in [0.1, 0.15) is 0 Å². The number of nitrogens with zero attached hydrogens (tertiary/aromatic N) is 1. The summed E-state index contributed by atoms with van der Waals surface area (Å²) in [6, 6.07) is 5.93. The quantitative estimate of drug-likeness (QED) is 0.758. The average molecular weight is 313 g/mol. The van der Waals surface area contributed by atoms with Crippen LogP contribution in [0.15, 0.2) is 29.2 Å². The van der Waals surface area contributed by atoms with Crippen LogP contribution in [-0.4, -0.2) is 38.9 Å². The lowest BCUT2D eigenvalue weighted by molar-refractivity contribution is -0.117. The van der Waals surface area contributed by atoms with Gasteiger partial charge in [-0.05, 0) is 37.7 Å². The molecular formula is C14H23N3O3S. The second-order valence-corrected chi connectivity index (χ2v) is 6.40. The molecule has 0 aliphatic rings. The first kappa shape index (κ1) is 17.6. The molecule has 0 aliphatic heterocycles. The average Bonchev–Trinajstić information content (AvgIpc) is 2.42. The van der Waals surface area contributed by atoms with Crippen LogP contribution in [-0.2, 0) is 14.8 Å². The maximum atomic E-state index is 12.0. The lowest BCUT2D eigenvalue weighted by Crippen LogP contribution is -2.33. The third kappa shape index (κ3) is 6.24. The Morgan fingerprint density at radius 1 is 1.33 bits per heavy atom. The Kier molecular flexibility index (Phi) is 6.80. The maximum Gasteiger partial charge on any atom is 0.238 e. The summed E-state index contributed by atoms with van der Waals surface area (Å²) in [7, 11) is -3.76. The van der Waals surface area contributed by atoms with E-state index in [1.54, 1.807) is 12.1 Å². The van der Waals surface area contributed by atoms with Crippen molar-refractivity contribution in [3.63, 3.8) is 0 Å². The number of amides is 1. The zero-order valence-electron chi connectivity index (χ0n) is 12.5. The summed E-state index contributed by atoms with van der Waals surface area (Å²) in [6.07, 6.45) is 2.12. The fourth-order valence-corrected chi connectivity index (χ4v) is 2.44. The molecule has 3 N–H and O–H groups in total. The van der Waals surface area contributed by atoms with Crippen LogP contribution in [0.25, 0.3) is 0 Å². The molecule has 0 aliphatic carbocycles. The third-order valence-corrected chi connectivity index (χ3v) is 4.00. The Labute approximate surface area is 126 Å². The van der Waals surface area contributed by atoms with E-state index in [-0.39, 0.29) is 17.3 Å². The first-order chi connectivity index (χ1) is 9.86. The number of likely N-dealkylation sites (N-methyl/N-ethyl adjacent to an activating group) is 1. The Hall–Kier alpha value is -1.44. The van der Waals surface area contributed by atoms with E-state index in [0.717, 1.165) is 25.9 Å². The Morgan fingerprint density at radius 2 is 2.05 bits per heavy atom. The highest BCUT2D eigenvalue weighted by Crippen LogP contribution is 2.14. The SMILES string of the molecule is CCCCN(CC)CC(=O)Nc1cccc(S(N)(=O)=O)c1. The van der Waals surface area contributed by atoms with Gasteiger partial charge >= 0.3 is 0 Å². The van der Waals surface area contributed by atoms with Gasteiger partial charge in [-0.15, -0.1) is 0 Å². The fraction of sp³-hybridized carbons (Fsp3) is 0.500. The molecule has 7 heteroatoms. The standard InChI is InChI=1S/C14H23N3O3S/c1-3-5-9-17(4-2)11-14(18)16-12-7-6-8-13(10-12)21(15,19)20/h6-8,10H,3-5,9,11H2,1-2H3,(H,16,18)(H2,15,19,20). The molecule has 0 fully saturated rings. The van der Waals surface area contributed by atoms with Gasteiger partial charge in [0.25, 0.3) is 0 Å². The minimum atomic E-state index is -3.76. The highest BCUT2D eigenvalue weighted by atomic mass is 32.2. The second-order valence-electron chi connectivity index (χ2n) is 4.84. The number of sulfonamides is 1. The molecule has 0 heterocycles. The summed E-state index contributed by atoms with van der Waals surface area (Å²) in [6.45, 7) is 6.07. The molecule has 0 atom stereocenters. The number of rotatable bonds is 8. The van der Waals surface area contributed by atoms with Crippen LogP contribution in [0.3, 0.4) is 0 Å². The van der Waals surface area contributed by atoms with Crippen molar-refractivity contribution in [3.05, 3.63) is 24.3 Å². The van der Waals surface area contributed by atoms with E-state index in [0.29, 0.717) is 5.69 Å². The van der Waals surface area contributed by atoms with Gasteiger partial charge in [0.15, 0.2) is 0 Å². The molecule has 1 amide bonds. The number of carbonyl (C=O) groups is 1. The Balaban J connectivity index is 2.66. The fourth-order valence-electron chi connectivity index (χ4n) is 1.89. The summed E-state index contributed by atoms with van der Waals surface area (Å²) >= 11 is 0. The van der Waals surface area contributed by atoms with E-state index in [2.05, 4.69) is 12.2 Å². The predicted molar refractivity (Wildman–Crippen MR) is 83.5 cm³/mol. The molecule has 0 saturated carbocycles. The van der Waals surface area contributed by atoms with Crippen LogP contribution in [0, 0.1) is 0 Å². The summed E-state index contributed by atoms with van der Waals surface area (Å²) < 4.78 is 22.5. The van der Waals surface area contributed by atoms with Crippen molar-refractivity contribution < 1.29 is 13.2 Å². The summed E-state index contributed by atoms with van der Waals surface area (Å²) in [5, 5.41) is 7.76. The van der Waals surface area contributed by atoms with Crippen molar-refractivity contribution in [1.82, 2.24) is 4.90 Å². The highest BCUT2D eigenvalue weighted by Gasteiger charge is 2.11. The number of hydrogen-bond acceptors (Lipinski definition) is 4. The van der Waals surface area contributed by atoms with Gasteiger partial charge in [-0.25, -0.2) is 13.6 Å². The van der Waals surface area contributed by atoms with E-state index in [4.69, 9.17) is 5.14 Å². The van der Waals surface area contributed by atoms with Gasteiger partial charge in [0.05, 0.1) is 11.4 Å². The van der Waals surface area contributed by atoms with E-state index in [1.807, 2.05) is 11.8 Å². The topological polar surface area (TPSA) is 92.5 Å². The largest absolute Gasteiger partial charge is 0.325 e. The van der Waals surface area contributed by atoms with Crippen LogP contribution in [0.1, 0.15) is 26.7 Å². The van der Waals surface area contributed by atoms with Crippen LogP contribution in [0.2, 0.25) is 0 Å². The lowest BCUT2D eigenvalue weighted by Gasteiger charge is -2.19. The molecule has 1 aromatic carbocycles. The van der Waals surface area contributed by atoms with E-state index < -0.39 is 10.0 Å². The normalized spacial score (nSPS) is 11.6. The maximum absolute atomic E-state index is 12.0. The van der Waals surface area contributed by atoms with Crippen molar-refractivity contribution in [2.24, 2.45) is 5.14 Å². The number of nitrogens with one attached hydrogen (secondary N) is 1. The first-order valence-electron chi connectivity index (χ1n) is 7.02. The molecule has 118 valence electrons. The monoisotopic (exact) mass is 313 g/mol. The number of hydrogen-bond donors (Lipinski definition) is 2. The molecule has 0 spiro atoms. The van der Waals surface area contributed by atoms with Gasteiger partial charge < -0.3 is 5.32 Å². The van der Waals surface area contributed by atoms with Crippen molar-refractivity contribution in [3.8, 4) is 0 Å². The molecule has 21 heavy (non-hydrogen) atoms. The number of unbranched alkanes of at least 4 members (excludes halogenated alkanes) is 1. The smallest absolute Gasteiger partial charge is 0.238 e. The van der Waals surface area contributed by atoms with E-state index in [1.165, 1.54) is 12.1 Å². The number of nitrogens with two attached hydrogens (primary N) is 1. The van der Waals surface area contributed by atoms with Crippen molar-refractivity contribution in [1.29, 1.82) is 0 Å². The number of anilines is 1. The molecule has 0 aromatic heterocycles. The molecule has 1 aromatic rings. The van der Waals surface area contributed by atoms with Gasteiger partial charge in [-0.1, -0.05) is 26.3 Å². The second kappa shape index (κ2) is 8.11. The molecule has 1 rings (SSSR count). The van der Waals surface area contributed by atoms with Crippen LogP contribution in [0.4, 0.5) is 5.69 Å². The van der Waals surface area contributed by atoms with Crippen LogP contribution >= 0.6 is 0 Å². The van der Waals surface area contributed by atoms with Crippen molar-refractivity contribution in [2.75, 3.05) is 25.0 Å². The molecule has 0 unspecified atom stereocenters. The number of benzene rings is 1. The number of primary sulfonamides is 1. The van der Waals surface area contributed by atoms with Gasteiger partial charge in [-0.3, -0.25) is 9.69 Å². The minimum absolute atomic E-state index is 0.0152. The third-order valence-electron chi connectivity index (χ3n) is 3.09. The molecular weight excluding hydrogens is 290 g/mol. The summed E-state index contributed by atoms with van der Waals surface area (Å²) in [5.41, 5.74) is 0.429. The Bertz CT molecular complexity index is 573. The zero-order chi connectivity index (χ0) is 15.9. The first-order valence-corrected chi connectivity index (χ1v) is 8.56. The molecule has 0 saturated heterocycles. The summed E-state index contributed by atoms with van der Waals surface area (Å²) in [5.74, 6) is -0.167. The minimum Gasteiger partial charge on any atom is -0.325 e. The Morgan fingerprint density at radius 3 is 2.62 bits per heavy atom. The molecule has 0 radical (unpaired) electrons. The van der Waals surface area contributed by atoms with E-state index >= 15 is 0 Å². The number of carbonyl (C=O) groups excluding carboxylic acids is 1. The predicted octanol–water partition coefficient (Wildman–Crippen LogP) is 1.39. The summed E-state index contributed by atoms with van der Waals surface area (Å²) in [4.78, 5) is 14.0. The van der Waals surface area contributed by atoms with Crippen molar-refractivity contribution >= 4 is 21.6 Å². The molecule has 0 bridgehead atoms. The van der Waals surface area contributed by atoms with Gasteiger partial charge in [-0.2, -0.15) is 0 Å². The highest BCUT2D eigenvalue weighted by molar-refractivity contribution is 7.89. The van der Waals surface area contributed by atoms with Gasteiger partial charge in [0.2, 0.25) is 15.9 Å². The van der Waals surface area contributed by atoms with Crippen LogP contribution < -0.4 is 10.5 Å². The van der Waals surface area contributed by atoms with Crippen LogP contribution in [0.5, 0.6) is 0 Å². The van der Waals surface area contributed by atoms with E-state index in [9.17, 15) is 13.2 Å². The van der Waals surface area contributed by atoms with Crippen molar-refractivity contribution in [2.45, 2.75) is 31.6 Å². The lowest BCUT2D eigenvalue weighted by atomic mass is 10.3. The van der Waals surface area contributed by atoms with Gasteiger partial charge in [0, 0.05) is 5.69 Å². The zero-order valence-corrected chi connectivity index (χ0v) is 13.3. The molecule has 6 nitrogen and oxygen atoms in total.